The quantitative estimate of drug-likeness (QED) is 0.235. The van der Waals surface area contributed by atoms with Crippen LogP contribution in [0, 0.1) is 0 Å². The van der Waals surface area contributed by atoms with Crippen LogP contribution in [0.4, 0.5) is 0 Å². The van der Waals surface area contributed by atoms with E-state index >= 15 is 0 Å². The van der Waals surface area contributed by atoms with Gasteiger partial charge in [0.05, 0.1) is 28.9 Å². The Morgan fingerprint density at radius 2 is 1.73 bits per heavy atom. The van der Waals surface area contributed by atoms with Crippen molar-refractivity contribution in [2.75, 3.05) is 32.8 Å². The molecular formula is C26H24N6O5. The number of carbonyl (C=O) groups is 4. The molecule has 4 heterocycles. The summed E-state index contributed by atoms with van der Waals surface area (Å²) in [5.41, 5.74) is 2.84. The highest BCUT2D eigenvalue weighted by Gasteiger charge is 2.30. The number of benzene rings is 1. The van der Waals surface area contributed by atoms with Crippen molar-refractivity contribution in [3.05, 3.63) is 71.7 Å². The van der Waals surface area contributed by atoms with Gasteiger partial charge in [-0.25, -0.2) is 4.79 Å². The molecule has 0 saturated carbocycles. The maximum Gasteiger partial charge on any atom is 0.356 e. The fourth-order valence-corrected chi connectivity index (χ4v) is 4.32. The largest absolute Gasteiger partial charge is 0.461 e. The van der Waals surface area contributed by atoms with Crippen molar-refractivity contribution < 1.29 is 23.9 Å². The van der Waals surface area contributed by atoms with E-state index in [1.165, 1.54) is 17.3 Å². The second-order valence-corrected chi connectivity index (χ2v) is 8.45. The molecule has 11 nitrogen and oxygen atoms in total. The fourth-order valence-electron chi connectivity index (χ4n) is 4.32. The molecular weight excluding hydrogens is 476 g/mol. The summed E-state index contributed by atoms with van der Waals surface area (Å²) in [7, 11) is 0. The fraction of sp³-hybridized carbons (Fsp3) is 0.231. The zero-order valence-corrected chi connectivity index (χ0v) is 20.1. The number of fused-ring (bicyclic) bond motifs is 1. The van der Waals surface area contributed by atoms with Gasteiger partial charge in [-0.3, -0.25) is 24.5 Å². The predicted octanol–water partition coefficient (Wildman–Crippen LogP) is 2.30. The number of esters is 1. The van der Waals surface area contributed by atoms with Gasteiger partial charge in [0.1, 0.15) is 5.69 Å². The highest BCUT2D eigenvalue weighted by Crippen LogP contribution is 2.28. The summed E-state index contributed by atoms with van der Waals surface area (Å²) < 4.78 is 4.99. The van der Waals surface area contributed by atoms with E-state index in [1.807, 2.05) is 6.07 Å². The van der Waals surface area contributed by atoms with E-state index in [9.17, 15) is 19.2 Å². The van der Waals surface area contributed by atoms with E-state index in [2.05, 4.69) is 20.2 Å². The molecule has 11 heteroatoms. The van der Waals surface area contributed by atoms with Crippen LogP contribution < -0.4 is 0 Å². The summed E-state index contributed by atoms with van der Waals surface area (Å²) in [5.74, 6) is -1.96. The van der Waals surface area contributed by atoms with Gasteiger partial charge >= 0.3 is 5.97 Å². The van der Waals surface area contributed by atoms with Gasteiger partial charge in [0.2, 0.25) is 0 Å². The number of nitrogens with zero attached hydrogens (tertiary/aromatic N) is 4. The van der Waals surface area contributed by atoms with Crippen LogP contribution in [0.5, 0.6) is 0 Å². The minimum atomic E-state index is -0.687. The molecule has 1 aliphatic rings. The Bertz CT molecular complexity index is 1480. The van der Waals surface area contributed by atoms with Gasteiger partial charge in [-0.05, 0) is 31.2 Å². The molecule has 2 amide bonds. The summed E-state index contributed by atoms with van der Waals surface area (Å²) in [6, 6.07) is 12.2. The van der Waals surface area contributed by atoms with E-state index < -0.39 is 17.7 Å². The molecule has 0 aliphatic carbocycles. The van der Waals surface area contributed by atoms with Gasteiger partial charge in [-0.15, -0.1) is 0 Å². The Balaban J connectivity index is 1.31. The summed E-state index contributed by atoms with van der Waals surface area (Å²) in [5, 5.41) is 6.83. The normalized spacial score (nSPS) is 13.5. The Morgan fingerprint density at radius 1 is 1.00 bits per heavy atom. The first-order chi connectivity index (χ1) is 18.0. The van der Waals surface area contributed by atoms with Crippen LogP contribution >= 0.6 is 0 Å². The lowest BCUT2D eigenvalue weighted by Gasteiger charge is -2.34. The number of rotatable bonds is 6. The van der Waals surface area contributed by atoms with Crippen molar-refractivity contribution in [2.45, 2.75) is 6.92 Å². The second-order valence-electron chi connectivity index (χ2n) is 8.45. The number of Topliss-reactive ketones (excluding diaryl/α,β-unsaturated/α-hetero) is 1. The topological polar surface area (TPSA) is 141 Å². The third-order valence-electron chi connectivity index (χ3n) is 6.23. The molecule has 0 bridgehead atoms. The summed E-state index contributed by atoms with van der Waals surface area (Å²) in [6.07, 6.45) is 2.97. The van der Waals surface area contributed by atoms with Crippen LogP contribution in [-0.4, -0.2) is 86.3 Å². The average molecular weight is 501 g/mol. The van der Waals surface area contributed by atoms with E-state index in [4.69, 9.17) is 4.74 Å². The van der Waals surface area contributed by atoms with Gasteiger partial charge in [0, 0.05) is 49.7 Å². The summed E-state index contributed by atoms with van der Waals surface area (Å²) in [4.78, 5) is 61.3. The van der Waals surface area contributed by atoms with Crippen LogP contribution in [0.1, 0.15) is 38.1 Å². The smallest absolute Gasteiger partial charge is 0.356 e. The number of H-pyrrole nitrogens is 2. The maximum atomic E-state index is 13.2. The van der Waals surface area contributed by atoms with E-state index in [1.54, 1.807) is 48.2 Å². The Kier molecular flexibility index (Phi) is 6.50. The number of piperazine rings is 1. The number of aromatic nitrogens is 4. The number of ether oxygens (including phenoxy) is 1. The zero-order chi connectivity index (χ0) is 25.9. The van der Waals surface area contributed by atoms with Crippen molar-refractivity contribution in [3.8, 4) is 11.3 Å². The predicted molar refractivity (Wildman–Crippen MR) is 133 cm³/mol. The molecule has 1 fully saturated rings. The number of hydrogen-bond acceptors (Lipinski definition) is 7. The Morgan fingerprint density at radius 3 is 2.46 bits per heavy atom. The molecule has 188 valence electrons. The van der Waals surface area contributed by atoms with E-state index in [0.29, 0.717) is 40.9 Å². The van der Waals surface area contributed by atoms with Crippen LogP contribution in [0.2, 0.25) is 0 Å². The van der Waals surface area contributed by atoms with Crippen molar-refractivity contribution in [1.29, 1.82) is 0 Å². The number of carbonyl (C=O) groups excluding carboxylic acids is 4. The van der Waals surface area contributed by atoms with Crippen molar-refractivity contribution in [3.63, 3.8) is 0 Å². The lowest BCUT2D eigenvalue weighted by atomic mass is 10.1. The molecule has 4 aromatic rings. The minimum absolute atomic E-state index is 0.100. The summed E-state index contributed by atoms with van der Waals surface area (Å²) in [6.45, 7) is 3.14. The van der Waals surface area contributed by atoms with E-state index in [-0.39, 0.29) is 36.9 Å². The number of hydrogen-bond donors (Lipinski definition) is 2. The lowest BCUT2D eigenvalue weighted by molar-refractivity contribution is -0.127. The minimum Gasteiger partial charge on any atom is -0.461 e. The van der Waals surface area contributed by atoms with Gasteiger partial charge in [0.15, 0.2) is 0 Å². The molecule has 3 aromatic heterocycles. The average Bonchev–Trinajstić information content (AvgIpc) is 3.60. The number of nitrogens with one attached hydrogen (secondary N) is 2. The number of aromatic amines is 2. The second kappa shape index (κ2) is 10.1. The van der Waals surface area contributed by atoms with Crippen LogP contribution in [-0.2, 0) is 9.53 Å². The van der Waals surface area contributed by atoms with Gasteiger partial charge < -0.3 is 19.5 Å². The van der Waals surface area contributed by atoms with E-state index in [0.717, 1.165) is 0 Å². The van der Waals surface area contributed by atoms with Crippen LogP contribution in [0.15, 0.2) is 54.9 Å². The number of pyridine rings is 1. The molecule has 0 unspecified atom stereocenters. The molecule has 1 saturated heterocycles. The number of ketones is 1. The molecule has 2 N–H and O–H groups in total. The molecule has 0 atom stereocenters. The lowest BCUT2D eigenvalue weighted by Crippen LogP contribution is -2.52. The highest BCUT2D eigenvalue weighted by molar-refractivity contribution is 6.44. The van der Waals surface area contributed by atoms with Crippen molar-refractivity contribution in [1.82, 2.24) is 30.0 Å². The molecule has 1 aromatic carbocycles. The SMILES string of the molecule is CCOC(=O)c1cc(-c2ccnc3c(C(=O)C(=O)N4CCN(C(=O)c5ccccc5)CC4)c[nH]c23)n[nH]1. The maximum absolute atomic E-state index is 13.2. The summed E-state index contributed by atoms with van der Waals surface area (Å²) >= 11 is 0. The standard InChI is InChI=1S/C26H24N6O5/c1-2-37-26(36)20-14-19(29-30-20)17-8-9-27-22-18(15-28-21(17)22)23(33)25(35)32-12-10-31(11-13-32)24(34)16-6-4-3-5-7-16/h3-9,14-15,28H,2,10-13H2,1H3,(H,29,30). The van der Waals surface area contributed by atoms with Crippen LogP contribution in [0.3, 0.4) is 0 Å². The molecule has 5 rings (SSSR count). The first kappa shape index (κ1) is 23.9. The van der Waals surface area contributed by atoms with Gasteiger partial charge in [-0.1, -0.05) is 18.2 Å². The monoisotopic (exact) mass is 500 g/mol. The Labute approximate surface area is 211 Å². The van der Waals surface area contributed by atoms with Crippen LogP contribution in [0.25, 0.3) is 22.3 Å². The Hall–Kier alpha value is -4.80. The first-order valence-corrected chi connectivity index (χ1v) is 11.8. The van der Waals surface area contributed by atoms with Crippen molar-refractivity contribution in [2.24, 2.45) is 0 Å². The number of amides is 2. The van der Waals surface area contributed by atoms with Crippen molar-refractivity contribution >= 4 is 34.6 Å². The van der Waals surface area contributed by atoms with Gasteiger partial charge in [0.25, 0.3) is 17.6 Å². The molecule has 37 heavy (non-hydrogen) atoms. The first-order valence-electron chi connectivity index (χ1n) is 11.8. The molecule has 1 aliphatic heterocycles. The third kappa shape index (κ3) is 4.58. The third-order valence-corrected chi connectivity index (χ3v) is 6.23. The zero-order valence-electron chi connectivity index (χ0n) is 20.1. The molecule has 0 spiro atoms. The molecule has 0 radical (unpaired) electrons. The van der Waals surface area contributed by atoms with Gasteiger partial charge in [-0.2, -0.15) is 5.10 Å². The highest BCUT2D eigenvalue weighted by atomic mass is 16.5.